The number of non-ortho nitro benzene ring substituents is 1. The topological polar surface area (TPSA) is 122 Å². The highest BCUT2D eigenvalue weighted by Crippen LogP contribution is 2.25. The number of aryl methyl sites for hydroxylation is 2. The van der Waals surface area contributed by atoms with Crippen molar-refractivity contribution in [1.29, 1.82) is 0 Å². The van der Waals surface area contributed by atoms with Crippen molar-refractivity contribution in [3.05, 3.63) is 63.4 Å². The Balaban J connectivity index is 1.68. The third kappa shape index (κ3) is 3.55. The molecule has 0 radical (unpaired) electrons. The van der Waals surface area contributed by atoms with Crippen molar-refractivity contribution < 1.29 is 23.3 Å². The number of hydrogen-bond donors (Lipinski definition) is 0. The number of ether oxygens (including phenoxy) is 1. The lowest BCUT2D eigenvalue weighted by Crippen LogP contribution is -2.06. The number of esters is 1. The van der Waals surface area contributed by atoms with E-state index in [9.17, 15) is 14.9 Å². The Morgan fingerprint density at radius 3 is 2.72 bits per heavy atom. The van der Waals surface area contributed by atoms with Gasteiger partial charge in [0.25, 0.3) is 17.5 Å². The number of furan rings is 1. The fourth-order valence-electron chi connectivity index (χ4n) is 2.22. The highest BCUT2D eigenvalue weighted by Gasteiger charge is 2.17. The van der Waals surface area contributed by atoms with E-state index in [0.717, 1.165) is 6.07 Å². The summed E-state index contributed by atoms with van der Waals surface area (Å²) < 4.78 is 15.9. The zero-order valence-electron chi connectivity index (χ0n) is 13.4. The van der Waals surface area contributed by atoms with Gasteiger partial charge in [-0.05, 0) is 26.0 Å². The molecule has 0 aliphatic heterocycles. The third-order valence-corrected chi connectivity index (χ3v) is 3.36. The monoisotopic (exact) mass is 343 g/mol. The first kappa shape index (κ1) is 16.4. The summed E-state index contributed by atoms with van der Waals surface area (Å²) in [6, 6.07) is 7.02. The molecule has 3 rings (SSSR count). The highest BCUT2D eigenvalue weighted by molar-refractivity contribution is 5.90. The molecule has 0 saturated heterocycles. The van der Waals surface area contributed by atoms with Crippen LogP contribution in [-0.2, 0) is 11.3 Å². The number of benzene rings is 1. The molecule has 3 aromatic rings. The zero-order chi connectivity index (χ0) is 18.0. The Labute approximate surface area is 141 Å². The second-order valence-electron chi connectivity index (χ2n) is 5.21. The average molecular weight is 343 g/mol. The van der Waals surface area contributed by atoms with E-state index in [1.54, 1.807) is 19.9 Å². The van der Waals surface area contributed by atoms with Crippen LogP contribution < -0.4 is 0 Å². The van der Waals surface area contributed by atoms with E-state index in [1.807, 2.05) is 0 Å². The van der Waals surface area contributed by atoms with Gasteiger partial charge >= 0.3 is 5.97 Å². The third-order valence-electron chi connectivity index (χ3n) is 3.36. The van der Waals surface area contributed by atoms with Crippen LogP contribution in [0.4, 0.5) is 5.69 Å². The Morgan fingerprint density at radius 2 is 2.04 bits per heavy atom. The van der Waals surface area contributed by atoms with Crippen LogP contribution in [0.5, 0.6) is 0 Å². The van der Waals surface area contributed by atoms with E-state index >= 15 is 0 Å². The summed E-state index contributed by atoms with van der Waals surface area (Å²) >= 11 is 0. The smallest absolute Gasteiger partial charge is 0.338 e. The number of aromatic nitrogens is 2. The quantitative estimate of drug-likeness (QED) is 0.393. The molecule has 0 N–H and O–H groups in total. The lowest BCUT2D eigenvalue weighted by molar-refractivity contribution is -0.384. The maximum absolute atomic E-state index is 12.0. The summed E-state index contributed by atoms with van der Waals surface area (Å²) in [6.07, 6.45) is 0. The molecule has 0 saturated carbocycles. The van der Waals surface area contributed by atoms with Crippen molar-refractivity contribution in [2.75, 3.05) is 0 Å². The standard InChI is InChI=1S/C16H13N3O6/c1-9-6-13(10(2)24-9)15-18-17-14(25-15)8-23-16(20)11-4-3-5-12(7-11)19(21)22/h3-7H,8H2,1-2H3. The van der Waals surface area contributed by atoms with Gasteiger partial charge in [0.15, 0.2) is 6.61 Å². The molecule has 2 heterocycles. The molecular formula is C16H13N3O6. The van der Waals surface area contributed by atoms with Crippen molar-refractivity contribution in [3.8, 4) is 11.5 Å². The van der Waals surface area contributed by atoms with Crippen LogP contribution in [0.1, 0.15) is 27.8 Å². The van der Waals surface area contributed by atoms with Crippen LogP contribution >= 0.6 is 0 Å². The molecule has 9 heteroatoms. The van der Waals surface area contributed by atoms with Crippen LogP contribution in [0.2, 0.25) is 0 Å². The molecule has 0 aliphatic rings. The van der Waals surface area contributed by atoms with Crippen LogP contribution in [-0.4, -0.2) is 21.1 Å². The molecule has 0 atom stereocenters. The number of nitro benzene ring substituents is 1. The van der Waals surface area contributed by atoms with E-state index in [2.05, 4.69) is 10.2 Å². The Bertz CT molecular complexity index is 943. The predicted molar refractivity (Wildman–Crippen MR) is 83.7 cm³/mol. The van der Waals surface area contributed by atoms with Gasteiger partial charge in [0, 0.05) is 12.1 Å². The first-order valence-electron chi connectivity index (χ1n) is 7.25. The first-order chi connectivity index (χ1) is 11.9. The Morgan fingerprint density at radius 1 is 1.24 bits per heavy atom. The molecule has 1 aromatic carbocycles. The summed E-state index contributed by atoms with van der Waals surface area (Å²) in [5.74, 6) is 0.993. The van der Waals surface area contributed by atoms with E-state index < -0.39 is 10.9 Å². The predicted octanol–water partition coefficient (Wildman–Crippen LogP) is 3.21. The van der Waals surface area contributed by atoms with Crippen molar-refractivity contribution in [2.24, 2.45) is 0 Å². The molecule has 0 bridgehead atoms. The summed E-state index contributed by atoms with van der Waals surface area (Å²) in [7, 11) is 0. The van der Waals surface area contributed by atoms with Crippen molar-refractivity contribution in [3.63, 3.8) is 0 Å². The fourth-order valence-corrected chi connectivity index (χ4v) is 2.22. The zero-order valence-corrected chi connectivity index (χ0v) is 13.4. The second-order valence-corrected chi connectivity index (χ2v) is 5.21. The van der Waals surface area contributed by atoms with Gasteiger partial charge in [0.1, 0.15) is 11.5 Å². The van der Waals surface area contributed by atoms with E-state index in [4.69, 9.17) is 13.6 Å². The molecule has 0 aliphatic carbocycles. The number of nitro groups is 1. The molecular weight excluding hydrogens is 330 g/mol. The number of hydrogen-bond acceptors (Lipinski definition) is 8. The number of rotatable bonds is 5. The van der Waals surface area contributed by atoms with Gasteiger partial charge in [-0.25, -0.2) is 4.79 Å². The SMILES string of the molecule is Cc1cc(-c2nnc(COC(=O)c3cccc([N+](=O)[O-])c3)o2)c(C)o1. The maximum atomic E-state index is 12.0. The van der Waals surface area contributed by atoms with Crippen LogP contribution in [0.15, 0.2) is 39.2 Å². The van der Waals surface area contributed by atoms with E-state index in [0.29, 0.717) is 17.1 Å². The average Bonchev–Trinajstić information content (AvgIpc) is 3.18. The van der Waals surface area contributed by atoms with E-state index in [1.165, 1.54) is 18.2 Å². The van der Waals surface area contributed by atoms with Crippen molar-refractivity contribution in [2.45, 2.75) is 20.5 Å². The van der Waals surface area contributed by atoms with Gasteiger partial charge in [-0.15, -0.1) is 10.2 Å². The van der Waals surface area contributed by atoms with Gasteiger partial charge in [-0.2, -0.15) is 0 Å². The number of nitrogens with zero attached hydrogens (tertiary/aromatic N) is 3. The minimum Gasteiger partial charge on any atom is -0.466 e. The highest BCUT2D eigenvalue weighted by atomic mass is 16.6. The lowest BCUT2D eigenvalue weighted by Gasteiger charge is -2.01. The van der Waals surface area contributed by atoms with Gasteiger partial charge in [-0.3, -0.25) is 10.1 Å². The molecule has 2 aromatic heterocycles. The lowest BCUT2D eigenvalue weighted by atomic mass is 10.2. The molecule has 0 amide bonds. The molecule has 128 valence electrons. The largest absolute Gasteiger partial charge is 0.466 e. The van der Waals surface area contributed by atoms with Crippen LogP contribution in [0, 0.1) is 24.0 Å². The number of carbonyl (C=O) groups is 1. The molecule has 25 heavy (non-hydrogen) atoms. The van der Waals surface area contributed by atoms with Gasteiger partial charge in [-0.1, -0.05) is 6.07 Å². The summed E-state index contributed by atoms with van der Waals surface area (Å²) in [6.45, 7) is 3.33. The Hall–Kier alpha value is -3.49. The van der Waals surface area contributed by atoms with Crippen LogP contribution in [0.25, 0.3) is 11.5 Å². The first-order valence-corrected chi connectivity index (χ1v) is 7.25. The van der Waals surface area contributed by atoms with Gasteiger partial charge < -0.3 is 13.6 Å². The second kappa shape index (κ2) is 6.56. The summed E-state index contributed by atoms with van der Waals surface area (Å²) in [4.78, 5) is 22.1. The van der Waals surface area contributed by atoms with Crippen molar-refractivity contribution >= 4 is 11.7 Å². The molecule has 9 nitrogen and oxygen atoms in total. The fraction of sp³-hybridized carbons (Fsp3) is 0.188. The minimum atomic E-state index is -0.723. The minimum absolute atomic E-state index is 0.0650. The Kier molecular flexibility index (Phi) is 4.29. The molecule has 0 spiro atoms. The molecule has 0 unspecified atom stereocenters. The van der Waals surface area contributed by atoms with Crippen LogP contribution in [0.3, 0.4) is 0 Å². The number of carbonyl (C=O) groups excluding carboxylic acids is 1. The summed E-state index contributed by atoms with van der Waals surface area (Å²) in [5, 5.41) is 18.4. The normalized spacial score (nSPS) is 10.6. The molecule has 0 fully saturated rings. The van der Waals surface area contributed by atoms with Gasteiger partial charge in [0.05, 0.1) is 16.1 Å². The van der Waals surface area contributed by atoms with E-state index in [-0.39, 0.29) is 29.6 Å². The summed E-state index contributed by atoms with van der Waals surface area (Å²) in [5.41, 5.74) is 0.539. The van der Waals surface area contributed by atoms with Gasteiger partial charge in [0.2, 0.25) is 0 Å². The van der Waals surface area contributed by atoms with Crippen molar-refractivity contribution in [1.82, 2.24) is 10.2 Å². The maximum Gasteiger partial charge on any atom is 0.338 e.